The van der Waals surface area contributed by atoms with Crippen LogP contribution in [0.1, 0.15) is 31.4 Å². The number of hydrogen-bond donors (Lipinski definition) is 0. The van der Waals surface area contributed by atoms with Crippen LogP contribution in [-0.4, -0.2) is 0 Å². The largest absolute Gasteiger partial charge is 0.121 e. The van der Waals surface area contributed by atoms with Crippen molar-refractivity contribution in [2.75, 3.05) is 0 Å². The van der Waals surface area contributed by atoms with Crippen LogP contribution >= 0.6 is 11.8 Å². The first-order valence-electron chi connectivity index (χ1n) is 5.70. The average Bonchev–Trinajstić information content (AvgIpc) is 2.87. The Balaban J connectivity index is 2.14. The predicted octanol–water partition coefficient (Wildman–Crippen LogP) is 4.59. The maximum atomic E-state index is 4.17. The van der Waals surface area contributed by atoms with Gasteiger partial charge in [-0.2, -0.15) is 0 Å². The van der Waals surface area contributed by atoms with Gasteiger partial charge >= 0.3 is 0 Å². The third-order valence-corrected chi connectivity index (χ3v) is 5.71. The Kier molecular flexibility index (Phi) is 1.94. The monoisotopic (exact) mass is 228 g/mol. The molecule has 0 N–H and O–H groups in total. The Bertz CT molecular complexity index is 500. The van der Waals surface area contributed by atoms with Gasteiger partial charge in [-0.15, -0.1) is 11.8 Å². The van der Waals surface area contributed by atoms with Gasteiger partial charge < -0.3 is 0 Å². The molecule has 2 aliphatic rings. The summed E-state index contributed by atoms with van der Waals surface area (Å²) in [5.41, 5.74) is 4.46. The number of allylic oxidation sites excluding steroid dienone is 1. The maximum absolute atomic E-state index is 4.17. The van der Waals surface area contributed by atoms with Gasteiger partial charge in [0.05, 0.1) is 4.75 Å². The van der Waals surface area contributed by atoms with Crippen molar-refractivity contribution in [3.63, 3.8) is 0 Å². The summed E-state index contributed by atoms with van der Waals surface area (Å²) in [6, 6.07) is 8.76. The van der Waals surface area contributed by atoms with E-state index < -0.39 is 0 Å². The molecule has 1 heteroatoms. The van der Waals surface area contributed by atoms with E-state index in [4.69, 9.17) is 0 Å². The van der Waals surface area contributed by atoms with Crippen LogP contribution in [0.2, 0.25) is 0 Å². The second-order valence-corrected chi connectivity index (χ2v) is 6.33. The summed E-state index contributed by atoms with van der Waals surface area (Å²) >= 11 is 1.97. The minimum atomic E-state index is 0.268. The van der Waals surface area contributed by atoms with Crippen LogP contribution in [0.5, 0.6) is 0 Å². The molecule has 0 radical (unpaired) electrons. The molecule has 1 spiro atoms. The molecule has 1 fully saturated rings. The van der Waals surface area contributed by atoms with Gasteiger partial charge in [-0.05, 0) is 36.0 Å². The Hall–Kier alpha value is -0.950. The molecule has 0 nitrogen and oxygen atoms in total. The normalized spacial score (nSPS) is 34.9. The van der Waals surface area contributed by atoms with E-state index in [-0.39, 0.29) is 10.2 Å². The summed E-state index contributed by atoms with van der Waals surface area (Å²) < 4.78 is 0.268. The molecule has 1 saturated carbocycles. The van der Waals surface area contributed by atoms with Crippen molar-refractivity contribution in [3.8, 4) is 0 Å². The average molecular weight is 228 g/mol. The van der Waals surface area contributed by atoms with Crippen LogP contribution < -0.4 is 0 Å². The molecule has 0 aromatic heterocycles. The first-order valence-corrected chi connectivity index (χ1v) is 6.58. The van der Waals surface area contributed by atoms with E-state index in [0.717, 1.165) is 0 Å². The summed E-state index contributed by atoms with van der Waals surface area (Å²) in [5.74, 6) is 0. The van der Waals surface area contributed by atoms with Crippen molar-refractivity contribution in [2.24, 2.45) is 5.41 Å². The first-order chi connectivity index (χ1) is 7.60. The second kappa shape index (κ2) is 3.04. The number of benzene rings is 1. The molecule has 1 aliphatic carbocycles. The summed E-state index contributed by atoms with van der Waals surface area (Å²) in [6.07, 6.45) is 3.45. The van der Waals surface area contributed by atoms with Crippen molar-refractivity contribution in [1.82, 2.24) is 0 Å². The Morgan fingerprint density at radius 3 is 2.81 bits per heavy atom. The molecule has 1 aromatic rings. The van der Waals surface area contributed by atoms with Gasteiger partial charge in [-0.1, -0.05) is 43.3 Å². The van der Waals surface area contributed by atoms with E-state index in [2.05, 4.69) is 56.2 Å². The highest BCUT2D eigenvalue weighted by Gasteiger charge is 2.66. The summed E-state index contributed by atoms with van der Waals surface area (Å²) in [5, 5.41) is 2.25. The molecule has 0 amide bonds. The van der Waals surface area contributed by atoms with Gasteiger partial charge in [0.25, 0.3) is 0 Å². The number of fused-ring (bicyclic) bond motifs is 2. The van der Waals surface area contributed by atoms with Crippen LogP contribution in [0.25, 0.3) is 6.08 Å². The summed E-state index contributed by atoms with van der Waals surface area (Å²) in [7, 11) is 0. The number of hydrogen-bond acceptors (Lipinski definition) is 1. The maximum Gasteiger partial charge on any atom is 0.0555 e. The molecule has 2 atom stereocenters. The van der Waals surface area contributed by atoms with Gasteiger partial charge in [0.15, 0.2) is 0 Å². The molecule has 1 heterocycles. The van der Waals surface area contributed by atoms with Crippen molar-refractivity contribution >= 4 is 17.8 Å². The van der Waals surface area contributed by atoms with E-state index >= 15 is 0 Å². The molecule has 0 saturated heterocycles. The fourth-order valence-corrected chi connectivity index (χ4v) is 4.38. The zero-order valence-electron chi connectivity index (χ0n) is 9.79. The van der Waals surface area contributed by atoms with Gasteiger partial charge in [0.1, 0.15) is 0 Å². The standard InChI is InChI=1S/C15H16S/c1-11(2)14(3)10-15(14)13-7-5-4-6-12(13)8-9-16-15/h4-9H,1,10H2,2-3H3. The summed E-state index contributed by atoms with van der Waals surface area (Å²) in [6.45, 7) is 8.68. The molecular formula is C15H16S. The lowest BCUT2D eigenvalue weighted by Crippen LogP contribution is -2.15. The molecule has 1 aliphatic heterocycles. The van der Waals surface area contributed by atoms with E-state index in [1.54, 1.807) is 0 Å². The van der Waals surface area contributed by atoms with E-state index in [0.29, 0.717) is 0 Å². The quantitative estimate of drug-likeness (QED) is 0.634. The third-order valence-electron chi connectivity index (χ3n) is 4.22. The highest BCUT2D eigenvalue weighted by atomic mass is 32.2. The van der Waals surface area contributed by atoms with Crippen molar-refractivity contribution in [3.05, 3.63) is 53.0 Å². The fourth-order valence-electron chi connectivity index (χ4n) is 2.81. The van der Waals surface area contributed by atoms with Gasteiger partial charge in [-0.25, -0.2) is 0 Å². The van der Waals surface area contributed by atoms with Crippen molar-refractivity contribution in [2.45, 2.75) is 25.0 Å². The van der Waals surface area contributed by atoms with Crippen molar-refractivity contribution in [1.29, 1.82) is 0 Å². The smallest absolute Gasteiger partial charge is 0.0555 e. The van der Waals surface area contributed by atoms with Crippen LogP contribution in [0, 0.1) is 5.41 Å². The molecule has 82 valence electrons. The lowest BCUT2D eigenvalue weighted by molar-refractivity contribution is 0.637. The van der Waals surface area contributed by atoms with E-state index in [1.165, 1.54) is 23.1 Å². The van der Waals surface area contributed by atoms with Crippen molar-refractivity contribution < 1.29 is 0 Å². The Labute approximate surface area is 101 Å². The molecule has 16 heavy (non-hydrogen) atoms. The lowest BCUT2D eigenvalue weighted by atomic mass is 9.91. The highest BCUT2D eigenvalue weighted by molar-refractivity contribution is 8.03. The van der Waals surface area contributed by atoms with E-state index in [1.807, 2.05) is 11.8 Å². The Morgan fingerprint density at radius 1 is 1.38 bits per heavy atom. The fraction of sp³-hybridized carbons (Fsp3) is 0.333. The van der Waals surface area contributed by atoms with Crippen LogP contribution in [0.3, 0.4) is 0 Å². The zero-order valence-corrected chi connectivity index (χ0v) is 10.6. The molecule has 0 bridgehead atoms. The lowest BCUT2D eigenvalue weighted by Gasteiger charge is -2.26. The van der Waals surface area contributed by atoms with Crippen LogP contribution in [0.15, 0.2) is 41.8 Å². The minimum absolute atomic E-state index is 0.268. The van der Waals surface area contributed by atoms with Crippen LogP contribution in [-0.2, 0) is 4.75 Å². The zero-order chi connectivity index (χ0) is 11.4. The molecule has 2 unspecified atom stereocenters. The second-order valence-electron chi connectivity index (χ2n) is 5.12. The third kappa shape index (κ3) is 1.07. The first kappa shape index (κ1) is 10.2. The predicted molar refractivity (Wildman–Crippen MR) is 72.3 cm³/mol. The molecular weight excluding hydrogens is 212 g/mol. The number of rotatable bonds is 1. The summed E-state index contributed by atoms with van der Waals surface area (Å²) in [4.78, 5) is 0. The topological polar surface area (TPSA) is 0 Å². The van der Waals surface area contributed by atoms with Gasteiger partial charge in [-0.3, -0.25) is 0 Å². The van der Waals surface area contributed by atoms with Gasteiger partial charge in [0, 0.05) is 5.41 Å². The highest BCUT2D eigenvalue weighted by Crippen LogP contribution is 2.75. The number of thioether (sulfide) groups is 1. The Morgan fingerprint density at radius 2 is 2.12 bits per heavy atom. The molecule has 3 rings (SSSR count). The van der Waals surface area contributed by atoms with Crippen LogP contribution in [0.4, 0.5) is 0 Å². The van der Waals surface area contributed by atoms with Gasteiger partial charge in [0.2, 0.25) is 0 Å². The van der Waals surface area contributed by atoms with E-state index in [9.17, 15) is 0 Å². The molecule has 1 aromatic carbocycles. The minimum Gasteiger partial charge on any atom is -0.121 e. The SMILES string of the molecule is C=C(C)C1(C)CC12SC=Cc1ccccc12.